The summed E-state index contributed by atoms with van der Waals surface area (Å²) in [4.78, 5) is 7.18. The van der Waals surface area contributed by atoms with E-state index in [1.807, 2.05) is 18.2 Å². The molecule has 4 heteroatoms. The first kappa shape index (κ1) is 19.3. The Morgan fingerprint density at radius 1 is 0.926 bits per heavy atom. The van der Waals surface area contributed by atoms with E-state index in [9.17, 15) is 0 Å². The lowest BCUT2D eigenvalue weighted by atomic mass is 9.91. The summed E-state index contributed by atoms with van der Waals surface area (Å²) in [7, 11) is 7.55. The molecule has 0 aliphatic heterocycles. The summed E-state index contributed by atoms with van der Waals surface area (Å²) in [6.07, 6.45) is 5.88. The highest BCUT2D eigenvalue weighted by Gasteiger charge is 2.14. The maximum Gasteiger partial charge on any atom is 0.127 e. The summed E-state index contributed by atoms with van der Waals surface area (Å²) in [6.45, 7) is 0.622. The Bertz CT molecular complexity index is 812. The third kappa shape index (κ3) is 4.62. The Balaban J connectivity index is 1.92. The number of fused-ring (bicyclic) bond motifs is 1. The lowest BCUT2D eigenvalue weighted by Gasteiger charge is -2.20. The number of hydrogen-bond donors (Lipinski definition) is 0. The fraction of sp³-hybridized carbons (Fsp3) is 0.435. The Labute approximate surface area is 162 Å². The number of anilines is 1. The Morgan fingerprint density at radius 2 is 1.74 bits per heavy atom. The van der Waals surface area contributed by atoms with Crippen molar-refractivity contribution in [3.63, 3.8) is 0 Å². The van der Waals surface area contributed by atoms with Crippen LogP contribution >= 0.6 is 0 Å². The van der Waals surface area contributed by atoms with Crippen molar-refractivity contribution in [1.82, 2.24) is 0 Å². The molecule has 2 aromatic carbocycles. The SMILES string of the molecule is COc1ccc(C/N=C2\CCCCCc3cc(N(C)C)ccc32)c(OC)c1. The number of aryl methyl sites for hydroxylation is 1. The number of rotatable bonds is 5. The summed E-state index contributed by atoms with van der Waals surface area (Å²) in [5, 5.41) is 0. The summed E-state index contributed by atoms with van der Waals surface area (Å²) in [5.41, 5.74) is 6.28. The zero-order chi connectivity index (χ0) is 19.2. The fourth-order valence-corrected chi connectivity index (χ4v) is 3.59. The van der Waals surface area contributed by atoms with Crippen LogP contribution in [0.5, 0.6) is 11.5 Å². The van der Waals surface area contributed by atoms with Crippen molar-refractivity contribution in [3.05, 3.63) is 53.1 Å². The lowest BCUT2D eigenvalue weighted by molar-refractivity contribution is 0.391. The van der Waals surface area contributed by atoms with Crippen molar-refractivity contribution in [3.8, 4) is 11.5 Å². The normalized spacial score (nSPS) is 15.6. The second-order valence-electron chi connectivity index (χ2n) is 7.24. The molecule has 0 heterocycles. The van der Waals surface area contributed by atoms with Crippen LogP contribution in [0.15, 0.2) is 41.4 Å². The van der Waals surface area contributed by atoms with Crippen LogP contribution in [0, 0.1) is 0 Å². The van der Waals surface area contributed by atoms with Gasteiger partial charge in [0.2, 0.25) is 0 Å². The summed E-state index contributed by atoms with van der Waals surface area (Å²) in [6, 6.07) is 12.7. The van der Waals surface area contributed by atoms with E-state index in [0.717, 1.165) is 29.9 Å². The van der Waals surface area contributed by atoms with E-state index < -0.39 is 0 Å². The average Bonchev–Trinajstić information content (AvgIpc) is 2.67. The molecule has 0 fully saturated rings. The molecule has 144 valence electrons. The molecule has 0 atom stereocenters. The van der Waals surface area contributed by atoms with E-state index in [-0.39, 0.29) is 0 Å². The van der Waals surface area contributed by atoms with Crippen LogP contribution < -0.4 is 14.4 Å². The first-order chi connectivity index (χ1) is 13.1. The zero-order valence-electron chi connectivity index (χ0n) is 16.9. The van der Waals surface area contributed by atoms with Crippen molar-refractivity contribution in [2.45, 2.75) is 38.6 Å². The predicted molar refractivity (Wildman–Crippen MR) is 113 cm³/mol. The number of benzene rings is 2. The molecule has 1 aliphatic carbocycles. The van der Waals surface area contributed by atoms with E-state index in [1.165, 1.54) is 41.8 Å². The van der Waals surface area contributed by atoms with Gasteiger partial charge in [-0.15, -0.1) is 0 Å². The van der Waals surface area contributed by atoms with Crippen LogP contribution in [0.4, 0.5) is 5.69 Å². The van der Waals surface area contributed by atoms with Crippen LogP contribution in [0.25, 0.3) is 0 Å². The van der Waals surface area contributed by atoms with Gasteiger partial charge in [0.1, 0.15) is 11.5 Å². The monoisotopic (exact) mass is 366 g/mol. The third-order valence-corrected chi connectivity index (χ3v) is 5.21. The van der Waals surface area contributed by atoms with Gasteiger partial charge in [0.05, 0.1) is 20.8 Å². The van der Waals surface area contributed by atoms with Crippen LogP contribution in [-0.4, -0.2) is 34.0 Å². The summed E-state index contributed by atoms with van der Waals surface area (Å²) >= 11 is 0. The van der Waals surface area contributed by atoms with Crippen molar-refractivity contribution in [2.24, 2.45) is 4.99 Å². The second-order valence-corrected chi connectivity index (χ2v) is 7.24. The van der Waals surface area contributed by atoms with E-state index in [4.69, 9.17) is 14.5 Å². The topological polar surface area (TPSA) is 34.1 Å². The zero-order valence-corrected chi connectivity index (χ0v) is 16.9. The Kier molecular flexibility index (Phi) is 6.38. The van der Waals surface area contributed by atoms with Gasteiger partial charge < -0.3 is 14.4 Å². The van der Waals surface area contributed by atoms with Crippen LogP contribution in [-0.2, 0) is 13.0 Å². The lowest BCUT2D eigenvalue weighted by Crippen LogP contribution is -2.13. The van der Waals surface area contributed by atoms with E-state index in [0.29, 0.717) is 6.54 Å². The van der Waals surface area contributed by atoms with Gasteiger partial charge in [-0.25, -0.2) is 0 Å². The molecule has 0 aromatic heterocycles. The minimum Gasteiger partial charge on any atom is -0.497 e. The molecule has 0 bridgehead atoms. The highest BCUT2D eigenvalue weighted by molar-refractivity contribution is 6.02. The number of nitrogens with zero attached hydrogens (tertiary/aromatic N) is 2. The van der Waals surface area contributed by atoms with Crippen LogP contribution in [0.2, 0.25) is 0 Å². The van der Waals surface area contributed by atoms with E-state index in [2.05, 4.69) is 37.2 Å². The van der Waals surface area contributed by atoms with Gasteiger partial charge in [0.15, 0.2) is 0 Å². The molecule has 0 unspecified atom stereocenters. The minimum absolute atomic E-state index is 0.622. The number of aliphatic imine (C=N–C) groups is 1. The summed E-state index contributed by atoms with van der Waals surface area (Å²) < 4.78 is 10.8. The van der Waals surface area contributed by atoms with Gasteiger partial charge in [-0.1, -0.05) is 12.5 Å². The molecule has 2 aromatic rings. The molecular formula is C23H30N2O2. The van der Waals surface area contributed by atoms with Crippen molar-refractivity contribution < 1.29 is 9.47 Å². The van der Waals surface area contributed by atoms with Crippen molar-refractivity contribution in [1.29, 1.82) is 0 Å². The second kappa shape index (κ2) is 8.94. The fourth-order valence-electron chi connectivity index (χ4n) is 3.59. The summed E-state index contributed by atoms with van der Waals surface area (Å²) in [5.74, 6) is 1.63. The Morgan fingerprint density at radius 3 is 2.48 bits per heavy atom. The van der Waals surface area contributed by atoms with Gasteiger partial charge in [0, 0.05) is 37.1 Å². The van der Waals surface area contributed by atoms with E-state index >= 15 is 0 Å². The standard InChI is InChI=1S/C23H30N2O2/c1-25(2)19-11-13-21-17(14-19)8-6-5-7-9-22(21)24-16-18-10-12-20(26-3)15-23(18)27-4/h10-15H,5-9,16H2,1-4H3/b24-22+. The predicted octanol–water partition coefficient (Wildman–Crippen LogP) is 4.88. The van der Waals surface area contributed by atoms with Crippen molar-refractivity contribution in [2.75, 3.05) is 33.2 Å². The number of ether oxygens (including phenoxy) is 2. The molecule has 0 spiro atoms. The minimum atomic E-state index is 0.622. The number of methoxy groups -OCH3 is 2. The van der Waals surface area contributed by atoms with Gasteiger partial charge in [0.25, 0.3) is 0 Å². The smallest absolute Gasteiger partial charge is 0.127 e. The van der Waals surface area contributed by atoms with Gasteiger partial charge in [-0.2, -0.15) is 0 Å². The van der Waals surface area contributed by atoms with Gasteiger partial charge in [-0.3, -0.25) is 4.99 Å². The molecule has 0 N–H and O–H groups in total. The average molecular weight is 367 g/mol. The molecule has 3 rings (SSSR count). The molecule has 0 saturated carbocycles. The molecule has 0 saturated heterocycles. The highest BCUT2D eigenvalue weighted by atomic mass is 16.5. The first-order valence-electron chi connectivity index (χ1n) is 9.67. The molecule has 0 amide bonds. The molecule has 0 radical (unpaired) electrons. The van der Waals surface area contributed by atoms with Gasteiger partial charge in [-0.05, 0) is 61.1 Å². The Hall–Kier alpha value is -2.49. The molecule has 1 aliphatic rings. The van der Waals surface area contributed by atoms with Crippen molar-refractivity contribution >= 4 is 11.4 Å². The molecule has 27 heavy (non-hydrogen) atoms. The van der Waals surface area contributed by atoms with Crippen LogP contribution in [0.1, 0.15) is 42.4 Å². The highest BCUT2D eigenvalue weighted by Crippen LogP contribution is 2.28. The number of hydrogen-bond acceptors (Lipinski definition) is 4. The quantitative estimate of drug-likeness (QED) is 0.757. The van der Waals surface area contributed by atoms with E-state index in [1.54, 1.807) is 14.2 Å². The molecular weight excluding hydrogens is 336 g/mol. The third-order valence-electron chi connectivity index (χ3n) is 5.21. The maximum atomic E-state index is 5.53. The first-order valence-corrected chi connectivity index (χ1v) is 9.67. The van der Waals surface area contributed by atoms with Crippen LogP contribution in [0.3, 0.4) is 0 Å². The van der Waals surface area contributed by atoms with Gasteiger partial charge >= 0.3 is 0 Å². The maximum absolute atomic E-state index is 5.53. The molecule has 4 nitrogen and oxygen atoms in total. The largest absolute Gasteiger partial charge is 0.497 e.